The third-order valence-corrected chi connectivity index (χ3v) is 3.49. The van der Waals surface area contributed by atoms with Gasteiger partial charge in [0.15, 0.2) is 5.78 Å². The zero-order valence-corrected chi connectivity index (χ0v) is 14.0. The average Bonchev–Trinajstić information content (AvgIpc) is 2.59. The molecule has 134 valence electrons. The van der Waals surface area contributed by atoms with Gasteiger partial charge in [-0.2, -0.15) is 13.2 Å². The highest BCUT2D eigenvalue weighted by atomic mass is 19.4. The Bertz CT molecular complexity index is 840. The first-order valence-electron chi connectivity index (χ1n) is 7.79. The van der Waals surface area contributed by atoms with E-state index in [0.717, 1.165) is 29.3 Å². The fraction of sp³-hybridized carbons (Fsp3) is 0.0952. The molecule has 0 spiro atoms. The lowest BCUT2D eigenvalue weighted by Crippen LogP contribution is -2.03. The lowest BCUT2D eigenvalue weighted by atomic mass is 10.1. The van der Waals surface area contributed by atoms with Crippen molar-refractivity contribution < 1.29 is 23.1 Å². The summed E-state index contributed by atoms with van der Waals surface area (Å²) >= 11 is 0. The highest BCUT2D eigenvalue weighted by molar-refractivity contribution is 6.02. The molecule has 0 saturated carbocycles. The van der Waals surface area contributed by atoms with Gasteiger partial charge >= 0.3 is 6.18 Å². The maximum absolute atomic E-state index is 12.5. The van der Waals surface area contributed by atoms with Crippen LogP contribution in [0.1, 0.15) is 22.3 Å². The number of hydrogen-bond acceptors (Lipinski definition) is 2. The monoisotopic (exact) mass is 358 g/mol. The van der Waals surface area contributed by atoms with E-state index in [4.69, 9.17) is 0 Å². The Balaban J connectivity index is 1.99. The zero-order chi connectivity index (χ0) is 19.2. The lowest BCUT2D eigenvalue weighted by molar-refractivity contribution is -0.137. The molecule has 0 heterocycles. The first kappa shape index (κ1) is 19.2. The van der Waals surface area contributed by atoms with Crippen LogP contribution in [-0.2, 0) is 11.0 Å². The summed E-state index contributed by atoms with van der Waals surface area (Å²) in [5.74, 6) is -0.691. The van der Waals surface area contributed by atoms with Crippen LogP contribution in [0.5, 0.6) is 0 Å². The summed E-state index contributed by atoms with van der Waals surface area (Å²) in [5.41, 5.74) is 1.70. The summed E-state index contributed by atoms with van der Waals surface area (Å²) in [4.78, 5) is 11.8. The molecule has 0 aliphatic heterocycles. The van der Waals surface area contributed by atoms with Crippen molar-refractivity contribution in [1.29, 1.82) is 0 Å². The third kappa shape index (κ3) is 6.09. The van der Waals surface area contributed by atoms with Gasteiger partial charge in [0, 0.05) is 6.08 Å². The Morgan fingerprint density at radius 3 is 1.92 bits per heavy atom. The second kappa shape index (κ2) is 8.34. The van der Waals surface area contributed by atoms with Gasteiger partial charge in [-0.3, -0.25) is 4.79 Å². The van der Waals surface area contributed by atoms with Gasteiger partial charge in [0.1, 0.15) is 5.76 Å². The number of alkyl halides is 3. The number of hydrogen-bond donors (Lipinski definition) is 1. The average molecular weight is 358 g/mol. The van der Waals surface area contributed by atoms with Crippen LogP contribution >= 0.6 is 0 Å². The van der Waals surface area contributed by atoms with E-state index in [2.05, 4.69) is 0 Å². The molecule has 2 nitrogen and oxygen atoms in total. The van der Waals surface area contributed by atoms with Gasteiger partial charge in [0.05, 0.1) is 5.56 Å². The predicted octanol–water partition coefficient (Wildman–Crippen LogP) is 5.75. The molecule has 5 heteroatoms. The standard InChI is InChI=1S/C21H17F3O2/c1-15-2-4-16(5-3-15)8-12-19(25)14-20(26)13-9-17-6-10-18(11-7-17)21(22,23)24/h2-14,26H,1H3/b12-8+,13-9+,20-14-. The fourth-order valence-electron chi connectivity index (χ4n) is 2.06. The van der Waals surface area contributed by atoms with E-state index in [9.17, 15) is 23.1 Å². The van der Waals surface area contributed by atoms with Crippen LogP contribution < -0.4 is 0 Å². The van der Waals surface area contributed by atoms with Crippen LogP contribution in [-0.4, -0.2) is 10.9 Å². The molecule has 2 aromatic rings. The fourth-order valence-corrected chi connectivity index (χ4v) is 2.06. The summed E-state index contributed by atoms with van der Waals surface area (Å²) in [5, 5.41) is 9.74. The molecular weight excluding hydrogens is 341 g/mol. The third-order valence-electron chi connectivity index (χ3n) is 3.49. The van der Waals surface area contributed by atoms with Crippen molar-refractivity contribution in [3.05, 3.63) is 94.8 Å². The highest BCUT2D eigenvalue weighted by Crippen LogP contribution is 2.29. The summed E-state index contributed by atoms with van der Waals surface area (Å²) < 4.78 is 37.4. The minimum atomic E-state index is -4.39. The van der Waals surface area contributed by atoms with Crippen molar-refractivity contribution >= 4 is 17.9 Å². The van der Waals surface area contributed by atoms with Gasteiger partial charge in [-0.25, -0.2) is 0 Å². The molecular formula is C21H17F3O2. The SMILES string of the molecule is Cc1ccc(/C=C/C(=O)/C=C(O)/C=C/c2ccc(C(F)(F)F)cc2)cc1. The van der Waals surface area contributed by atoms with Crippen molar-refractivity contribution in [3.8, 4) is 0 Å². The Morgan fingerprint density at radius 1 is 0.885 bits per heavy atom. The van der Waals surface area contributed by atoms with Crippen molar-refractivity contribution in [2.75, 3.05) is 0 Å². The quantitative estimate of drug-likeness (QED) is 0.420. The Labute approximate surface area is 149 Å². The van der Waals surface area contributed by atoms with E-state index in [1.165, 1.54) is 30.4 Å². The number of aliphatic hydroxyl groups is 1. The Hall–Kier alpha value is -3.08. The highest BCUT2D eigenvalue weighted by Gasteiger charge is 2.29. The van der Waals surface area contributed by atoms with Crippen LogP contribution in [0.4, 0.5) is 13.2 Å². The summed E-state index contributed by atoms with van der Waals surface area (Å²) in [7, 11) is 0. The number of allylic oxidation sites excluding steroid dienone is 3. The van der Waals surface area contributed by atoms with Gasteiger partial charge in [-0.15, -0.1) is 0 Å². The number of benzene rings is 2. The molecule has 2 rings (SSSR count). The molecule has 0 unspecified atom stereocenters. The van der Waals surface area contributed by atoms with Crippen LogP contribution in [0.25, 0.3) is 12.2 Å². The van der Waals surface area contributed by atoms with E-state index in [0.29, 0.717) is 5.56 Å². The lowest BCUT2D eigenvalue weighted by Gasteiger charge is -2.05. The molecule has 0 atom stereocenters. The second-order valence-electron chi connectivity index (χ2n) is 5.67. The molecule has 2 aromatic carbocycles. The Morgan fingerprint density at radius 2 is 1.38 bits per heavy atom. The molecule has 0 fully saturated rings. The van der Waals surface area contributed by atoms with Crippen LogP contribution in [0, 0.1) is 6.92 Å². The topological polar surface area (TPSA) is 37.3 Å². The van der Waals surface area contributed by atoms with Crippen molar-refractivity contribution in [1.82, 2.24) is 0 Å². The van der Waals surface area contributed by atoms with Gasteiger partial charge in [0.25, 0.3) is 0 Å². The van der Waals surface area contributed by atoms with E-state index in [-0.39, 0.29) is 5.76 Å². The van der Waals surface area contributed by atoms with Gasteiger partial charge in [-0.05, 0) is 42.3 Å². The van der Waals surface area contributed by atoms with Crippen LogP contribution in [0.2, 0.25) is 0 Å². The van der Waals surface area contributed by atoms with Crippen molar-refractivity contribution in [3.63, 3.8) is 0 Å². The van der Waals surface area contributed by atoms with Gasteiger partial charge in [0.2, 0.25) is 0 Å². The van der Waals surface area contributed by atoms with Crippen LogP contribution in [0.15, 0.2) is 72.5 Å². The molecule has 0 aromatic heterocycles. The minimum absolute atomic E-state index is 0.288. The second-order valence-corrected chi connectivity index (χ2v) is 5.67. The molecule has 1 N–H and O–H groups in total. The van der Waals surface area contributed by atoms with Crippen LogP contribution in [0.3, 0.4) is 0 Å². The van der Waals surface area contributed by atoms with Gasteiger partial charge < -0.3 is 5.11 Å². The van der Waals surface area contributed by atoms with Crippen molar-refractivity contribution in [2.24, 2.45) is 0 Å². The number of carbonyl (C=O) groups is 1. The maximum atomic E-state index is 12.5. The zero-order valence-electron chi connectivity index (χ0n) is 14.0. The molecule has 0 aliphatic rings. The first-order valence-corrected chi connectivity index (χ1v) is 7.79. The predicted molar refractivity (Wildman–Crippen MR) is 96.4 cm³/mol. The maximum Gasteiger partial charge on any atom is 0.416 e. The number of ketones is 1. The minimum Gasteiger partial charge on any atom is -0.508 e. The number of aliphatic hydroxyl groups excluding tert-OH is 1. The number of carbonyl (C=O) groups excluding carboxylic acids is 1. The number of rotatable bonds is 5. The summed E-state index contributed by atoms with van der Waals surface area (Å²) in [6.07, 6.45) is 2.27. The Kier molecular flexibility index (Phi) is 6.17. The van der Waals surface area contributed by atoms with Crippen molar-refractivity contribution in [2.45, 2.75) is 13.1 Å². The van der Waals surface area contributed by atoms with E-state index in [1.54, 1.807) is 6.08 Å². The van der Waals surface area contributed by atoms with Gasteiger partial charge in [-0.1, -0.05) is 54.1 Å². The normalized spacial score (nSPS) is 12.8. The number of aryl methyl sites for hydroxylation is 1. The van der Waals surface area contributed by atoms with E-state index >= 15 is 0 Å². The molecule has 0 amide bonds. The van der Waals surface area contributed by atoms with E-state index in [1.807, 2.05) is 31.2 Å². The number of halogens is 3. The first-order chi connectivity index (χ1) is 12.2. The van der Waals surface area contributed by atoms with E-state index < -0.39 is 17.5 Å². The summed E-state index contributed by atoms with van der Waals surface area (Å²) in [6.45, 7) is 1.96. The molecule has 0 radical (unpaired) electrons. The molecule has 0 saturated heterocycles. The largest absolute Gasteiger partial charge is 0.508 e. The molecule has 26 heavy (non-hydrogen) atoms. The molecule has 0 bridgehead atoms. The smallest absolute Gasteiger partial charge is 0.416 e. The summed E-state index contributed by atoms with van der Waals surface area (Å²) in [6, 6.07) is 12.1. The molecule has 0 aliphatic carbocycles.